The molecule has 2 aliphatic rings. The first-order valence-electron chi connectivity index (χ1n) is 12.7. The zero-order chi connectivity index (χ0) is 26.0. The van der Waals surface area contributed by atoms with Crippen molar-refractivity contribution in [3.8, 4) is 17.0 Å². The lowest BCUT2D eigenvalue weighted by Crippen LogP contribution is -2.35. The van der Waals surface area contributed by atoms with Gasteiger partial charge >= 0.3 is 6.03 Å². The topological polar surface area (TPSA) is 107 Å². The van der Waals surface area contributed by atoms with Crippen molar-refractivity contribution >= 4 is 21.6 Å². The van der Waals surface area contributed by atoms with Gasteiger partial charge in [0.25, 0.3) is 0 Å². The van der Waals surface area contributed by atoms with E-state index >= 15 is 0 Å². The Bertz CT molecular complexity index is 1400. The van der Waals surface area contributed by atoms with Gasteiger partial charge in [-0.15, -0.1) is 0 Å². The molecule has 1 atom stereocenters. The van der Waals surface area contributed by atoms with Gasteiger partial charge in [-0.05, 0) is 86.5 Å². The summed E-state index contributed by atoms with van der Waals surface area (Å²) >= 11 is 0. The fourth-order valence-corrected chi connectivity index (χ4v) is 6.22. The number of piperidine rings is 1. The predicted octanol–water partition coefficient (Wildman–Crippen LogP) is 5.16. The fourth-order valence-electron chi connectivity index (χ4n) is 5.25. The Kier molecular flexibility index (Phi) is 7.17. The molecule has 1 aliphatic carbocycles. The van der Waals surface area contributed by atoms with Gasteiger partial charge in [-0.25, -0.2) is 23.5 Å². The maximum Gasteiger partial charge on any atom is 0.331 e. The predicted molar refractivity (Wildman–Crippen MR) is 145 cm³/mol. The maximum atomic E-state index is 13.1. The van der Waals surface area contributed by atoms with Gasteiger partial charge in [0.2, 0.25) is 5.88 Å². The van der Waals surface area contributed by atoms with Crippen molar-refractivity contribution in [3.05, 3.63) is 71.4 Å². The van der Waals surface area contributed by atoms with Crippen molar-refractivity contribution in [2.75, 3.05) is 25.5 Å². The largest absolute Gasteiger partial charge is 0.474 e. The quantitative estimate of drug-likeness (QED) is 0.417. The van der Waals surface area contributed by atoms with Crippen LogP contribution in [0, 0.1) is 11.7 Å². The van der Waals surface area contributed by atoms with Crippen LogP contribution >= 0.6 is 0 Å². The minimum atomic E-state index is -3.50. The zero-order valence-corrected chi connectivity index (χ0v) is 22.1. The fraction of sp³-hybridized carbons (Fsp3) is 0.357. The molecule has 0 saturated carbocycles. The Balaban J connectivity index is 1.45. The Morgan fingerprint density at radius 3 is 2.65 bits per heavy atom. The van der Waals surface area contributed by atoms with E-state index in [2.05, 4.69) is 33.0 Å². The van der Waals surface area contributed by atoms with Crippen LogP contribution in [0.25, 0.3) is 11.1 Å². The van der Waals surface area contributed by atoms with Crippen LogP contribution in [-0.2, 0) is 22.8 Å². The number of carbonyl (C=O) groups excluding carboxylic acids is 1. The SMILES string of the molecule is Cc1cc2c(c(NC(=O)NS(=N)(=O)c3ccccc3)c1-c1ccnc(OC3CCN(C)CC3)c1)CCC2. The Morgan fingerprint density at radius 2 is 1.89 bits per heavy atom. The lowest BCUT2D eigenvalue weighted by Gasteiger charge is -2.29. The third-order valence-electron chi connectivity index (χ3n) is 7.12. The molecule has 2 heterocycles. The van der Waals surface area contributed by atoms with Gasteiger partial charge < -0.3 is 15.0 Å². The molecule has 5 rings (SSSR count). The highest BCUT2D eigenvalue weighted by atomic mass is 32.2. The van der Waals surface area contributed by atoms with Crippen LogP contribution in [0.15, 0.2) is 59.6 Å². The molecule has 1 aliphatic heterocycles. The number of anilines is 1. The van der Waals surface area contributed by atoms with E-state index in [1.165, 1.54) is 5.56 Å². The van der Waals surface area contributed by atoms with Crippen molar-refractivity contribution in [3.63, 3.8) is 0 Å². The molecule has 37 heavy (non-hydrogen) atoms. The molecule has 0 radical (unpaired) electrons. The van der Waals surface area contributed by atoms with Crippen LogP contribution < -0.4 is 14.8 Å². The van der Waals surface area contributed by atoms with E-state index in [-0.39, 0.29) is 11.0 Å². The lowest BCUT2D eigenvalue weighted by molar-refractivity contribution is 0.110. The summed E-state index contributed by atoms with van der Waals surface area (Å²) in [4.78, 5) is 20.1. The Morgan fingerprint density at radius 1 is 1.14 bits per heavy atom. The van der Waals surface area contributed by atoms with Gasteiger partial charge in [-0.2, -0.15) is 0 Å². The number of aromatic nitrogens is 1. The first-order valence-corrected chi connectivity index (χ1v) is 14.3. The summed E-state index contributed by atoms with van der Waals surface area (Å²) in [6, 6.07) is 13.7. The van der Waals surface area contributed by atoms with E-state index < -0.39 is 15.9 Å². The van der Waals surface area contributed by atoms with Crippen LogP contribution in [-0.4, -0.2) is 46.4 Å². The molecule has 2 amide bonds. The number of nitrogens with one attached hydrogen (secondary N) is 3. The van der Waals surface area contributed by atoms with Crippen LogP contribution in [0.3, 0.4) is 0 Å². The summed E-state index contributed by atoms with van der Waals surface area (Å²) in [5.41, 5.74) is 5.81. The molecule has 0 spiro atoms. The Hall–Kier alpha value is -3.43. The minimum absolute atomic E-state index is 0.131. The van der Waals surface area contributed by atoms with Crippen LogP contribution in [0.1, 0.15) is 36.0 Å². The van der Waals surface area contributed by atoms with Gasteiger partial charge in [0.05, 0.1) is 10.6 Å². The number of likely N-dealkylation sites (tertiary alicyclic amines) is 1. The van der Waals surface area contributed by atoms with Gasteiger partial charge in [-0.3, -0.25) is 0 Å². The monoisotopic (exact) mass is 519 g/mol. The smallest absolute Gasteiger partial charge is 0.331 e. The van der Waals surface area contributed by atoms with E-state index in [0.717, 1.165) is 67.4 Å². The lowest BCUT2D eigenvalue weighted by atomic mass is 9.93. The van der Waals surface area contributed by atoms with Crippen molar-refractivity contribution < 1.29 is 13.7 Å². The molecule has 2 aromatic carbocycles. The van der Waals surface area contributed by atoms with Crippen LogP contribution in [0.4, 0.5) is 10.5 Å². The van der Waals surface area contributed by atoms with Gasteiger partial charge in [0, 0.05) is 30.9 Å². The minimum Gasteiger partial charge on any atom is -0.474 e. The summed E-state index contributed by atoms with van der Waals surface area (Å²) in [5.74, 6) is 0.570. The highest BCUT2D eigenvalue weighted by molar-refractivity contribution is 7.91. The normalized spacial score (nSPS) is 17.6. The maximum absolute atomic E-state index is 13.1. The Labute approximate surface area is 218 Å². The molecule has 1 fully saturated rings. The van der Waals surface area contributed by atoms with Crippen LogP contribution in [0.5, 0.6) is 5.88 Å². The number of hydrogen-bond donors (Lipinski definition) is 3. The van der Waals surface area contributed by atoms with E-state index in [9.17, 15) is 9.00 Å². The number of urea groups is 1. The van der Waals surface area contributed by atoms with Gasteiger partial charge in [0.15, 0.2) is 9.92 Å². The molecule has 194 valence electrons. The van der Waals surface area contributed by atoms with Crippen molar-refractivity contribution in [1.29, 1.82) is 4.78 Å². The van der Waals surface area contributed by atoms with E-state index in [4.69, 9.17) is 9.52 Å². The molecule has 0 bridgehead atoms. The first kappa shape index (κ1) is 25.2. The highest BCUT2D eigenvalue weighted by Crippen LogP contribution is 2.41. The summed E-state index contributed by atoms with van der Waals surface area (Å²) in [6.45, 7) is 4.03. The zero-order valence-electron chi connectivity index (χ0n) is 21.3. The van der Waals surface area contributed by atoms with Gasteiger partial charge in [0.1, 0.15) is 6.10 Å². The first-order chi connectivity index (χ1) is 17.8. The number of pyridine rings is 1. The number of nitrogens with zero attached hydrogens (tertiary/aromatic N) is 2. The molecule has 9 heteroatoms. The summed E-state index contributed by atoms with van der Waals surface area (Å²) < 4.78 is 29.8. The number of fused-ring (bicyclic) bond motifs is 1. The van der Waals surface area contributed by atoms with Gasteiger partial charge in [-0.1, -0.05) is 24.3 Å². The second-order valence-electron chi connectivity index (χ2n) is 9.86. The number of carbonyl (C=O) groups is 1. The number of amides is 2. The average molecular weight is 520 g/mol. The van der Waals surface area contributed by atoms with Crippen molar-refractivity contribution in [1.82, 2.24) is 14.6 Å². The molecular weight excluding hydrogens is 486 g/mol. The molecule has 1 saturated heterocycles. The highest BCUT2D eigenvalue weighted by Gasteiger charge is 2.25. The third kappa shape index (κ3) is 5.62. The number of rotatable bonds is 6. The molecule has 1 unspecified atom stereocenters. The average Bonchev–Trinajstić information content (AvgIpc) is 3.34. The molecule has 3 N–H and O–H groups in total. The second-order valence-corrected chi connectivity index (χ2v) is 11.7. The number of benzene rings is 2. The standard InChI is InChI=1S/C28H33N5O3S/c1-19-17-20-7-6-10-24(20)27(31-28(34)32-37(29,35)23-8-4-3-5-9-23)26(19)21-11-14-30-25(18-21)36-22-12-15-33(2)16-13-22/h3-5,8-9,11,14,17-18,22H,6-7,10,12-13,15-16H2,1-2H3,(H3,29,31,32,34,35). The van der Waals surface area contributed by atoms with E-state index in [1.54, 1.807) is 36.5 Å². The van der Waals surface area contributed by atoms with E-state index in [0.29, 0.717) is 11.6 Å². The summed E-state index contributed by atoms with van der Waals surface area (Å²) in [5, 5.41) is 2.97. The van der Waals surface area contributed by atoms with Crippen molar-refractivity contribution in [2.45, 2.75) is 50.0 Å². The van der Waals surface area contributed by atoms with Crippen molar-refractivity contribution in [2.24, 2.45) is 0 Å². The molecule has 3 aromatic rings. The third-order valence-corrected chi connectivity index (χ3v) is 8.53. The van der Waals surface area contributed by atoms with Crippen LogP contribution in [0.2, 0.25) is 0 Å². The summed E-state index contributed by atoms with van der Waals surface area (Å²) in [7, 11) is -1.38. The summed E-state index contributed by atoms with van der Waals surface area (Å²) in [6.07, 6.45) is 6.59. The second kappa shape index (κ2) is 10.5. The number of ether oxygens (including phenoxy) is 1. The molecule has 1 aromatic heterocycles. The molecular formula is C28H33N5O3S. The number of aryl methyl sites for hydroxylation is 2. The number of hydrogen-bond acceptors (Lipinski definition) is 6. The van der Waals surface area contributed by atoms with E-state index in [1.807, 2.05) is 19.1 Å². The molecule has 8 nitrogen and oxygen atoms in total.